The lowest BCUT2D eigenvalue weighted by Crippen LogP contribution is -2.28. The van der Waals surface area contributed by atoms with E-state index < -0.39 is 0 Å². The number of carbonyl (C=O) groups is 2. The molecule has 4 amide bonds. The van der Waals surface area contributed by atoms with Crippen LogP contribution in [-0.4, -0.2) is 12.1 Å². The Hall–Kier alpha value is -4.32. The van der Waals surface area contributed by atoms with Crippen molar-refractivity contribution >= 4 is 23.4 Å². The average molecular weight is 497 g/mol. The zero-order chi connectivity index (χ0) is 26.6. The third-order valence-electron chi connectivity index (χ3n) is 5.84. The SMILES string of the molecule is C=CC/C(=C\C=C(/C)Cc1ccc(NC(=O)NC2=CC=C(C)CC2)cc1)NC(=O)Nc1ccc(C)cc1. The zero-order valence-electron chi connectivity index (χ0n) is 21.9. The number of rotatable bonds is 9. The molecule has 6 heteroatoms. The molecule has 1 aliphatic carbocycles. The summed E-state index contributed by atoms with van der Waals surface area (Å²) >= 11 is 0. The molecule has 0 unspecified atom stereocenters. The molecule has 6 nitrogen and oxygen atoms in total. The molecule has 0 heterocycles. The molecule has 37 heavy (non-hydrogen) atoms. The van der Waals surface area contributed by atoms with Crippen LogP contribution in [0.15, 0.2) is 108 Å². The quantitative estimate of drug-likeness (QED) is 0.214. The van der Waals surface area contributed by atoms with Crippen molar-refractivity contribution in [1.82, 2.24) is 10.6 Å². The summed E-state index contributed by atoms with van der Waals surface area (Å²) in [5, 5.41) is 11.5. The maximum Gasteiger partial charge on any atom is 0.323 e. The zero-order valence-corrected chi connectivity index (χ0v) is 21.9. The molecule has 3 rings (SSSR count). The van der Waals surface area contributed by atoms with E-state index in [1.165, 1.54) is 5.57 Å². The van der Waals surface area contributed by atoms with Crippen LogP contribution in [0.5, 0.6) is 0 Å². The van der Waals surface area contributed by atoms with E-state index in [4.69, 9.17) is 0 Å². The van der Waals surface area contributed by atoms with Crippen LogP contribution >= 0.6 is 0 Å². The van der Waals surface area contributed by atoms with Gasteiger partial charge in [-0.15, -0.1) is 6.58 Å². The van der Waals surface area contributed by atoms with Gasteiger partial charge in [-0.2, -0.15) is 0 Å². The van der Waals surface area contributed by atoms with Gasteiger partial charge in [0.15, 0.2) is 0 Å². The van der Waals surface area contributed by atoms with Crippen LogP contribution in [0.4, 0.5) is 21.0 Å². The first-order chi connectivity index (χ1) is 17.8. The summed E-state index contributed by atoms with van der Waals surface area (Å²) < 4.78 is 0. The molecule has 0 bridgehead atoms. The molecule has 0 saturated carbocycles. The number of benzene rings is 2. The van der Waals surface area contributed by atoms with E-state index in [0.717, 1.165) is 58.7 Å². The van der Waals surface area contributed by atoms with Crippen molar-refractivity contribution in [1.29, 1.82) is 0 Å². The van der Waals surface area contributed by atoms with Gasteiger partial charge < -0.3 is 21.3 Å². The fourth-order valence-corrected chi connectivity index (χ4v) is 3.74. The van der Waals surface area contributed by atoms with Crippen molar-refractivity contribution < 1.29 is 9.59 Å². The molecule has 192 valence electrons. The van der Waals surface area contributed by atoms with Crippen LogP contribution in [0.2, 0.25) is 0 Å². The van der Waals surface area contributed by atoms with Gasteiger partial charge in [-0.1, -0.05) is 59.2 Å². The number of aryl methyl sites for hydroxylation is 1. The molecule has 0 fully saturated rings. The van der Waals surface area contributed by atoms with Crippen LogP contribution in [0.3, 0.4) is 0 Å². The van der Waals surface area contributed by atoms with Gasteiger partial charge >= 0.3 is 12.1 Å². The van der Waals surface area contributed by atoms with E-state index in [9.17, 15) is 9.59 Å². The van der Waals surface area contributed by atoms with E-state index in [0.29, 0.717) is 6.42 Å². The number of nitrogens with one attached hydrogen (secondary N) is 4. The highest BCUT2D eigenvalue weighted by atomic mass is 16.2. The molecule has 0 aliphatic heterocycles. The molecule has 2 aromatic carbocycles. The summed E-state index contributed by atoms with van der Waals surface area (Å²) in [6, 6.07) is 14.9. The number of urea groups is 2. The highest BCUT2D eigenvalue weighted by Crippen LogP contribution is 2.17. The van der Waals surface area contributed by atoms with E-state index >= 15 is 0 Å². The Morgan fingerprint density at radius 2 is 1.49 bits per heavy atom. The number of hydrogen-bond acceptors (Lipinski definition) is 2. The third kappa shape index (κ3) is 9.68. The van der Waals surface area contributed by atoms with Gasteiger partial charge in [0.25, 0.3) is 0 Å². The number of amides is 4. The second-order valence-electron chi connectivity index (χ2n) is 9.30. The van der Waals surface area contributed by atoms with E-state index in [1.54, 1.807) is 6.08 Å². The number of anilines is 2. The average Bonchev–Trinajstić information content (AvgIpc) is 2.87. The molecular weight excluding hydrogens is 460 g/mol. The van der Waals surface area contributed by atoms with E-state index in [2.05, 4.69) is 34.8 Å². The molecule has 2 aromatic rings. The van der Waals surface area contributed by atoms with Gasteiger partial charge in [0.2, 0.25) is 0 Å². The predicted molar refractivity (Wildman–Crippen MR) is 153 cm³/mol. The summed E-state index contributed by atoms with van der Waals surface area (Å²) in [5.74, 6) is 0. The smallest absolute Gasteiger partial charge is 0.312 e. The highest BCUT2D eigenvalue weighted by Gasteiger charge is 2.08. The Bertz CT molecular complexity index is 1230. The van der Waals surface area contributed by atoms with Gasteiger partial charge in [-0.25, -0.2) is 9.59 Å². The summed E-state index contributed by atoms with van der Waals surface area (Å²) in [5.41, 5.74) is 7.86. The van der Waals surface area contributed by atoms with Crippen molar-refractivity contribution in [3.8, 4) is 0 Å². The normalized spacial score (nSPS) is 13.7. The predicted octanol–water partition coefficient (Wildman–Crippen LogP) is 7.51. The maximum absolute atomic E-state index is 12.4. The standard InChI is InChI=1S/C31H36N4O2/c1-5-6-26(32-30(36)33-27-14-7-22(2)8-15-27)18-11-24(4)21-25-12-19-29(20-13-25)35-31(37)34-28-16-9-23(3)10-17-28/h5,7-9,11-16,18-20H,1,6,10,17,21H2,2-4H3,(H2,32,33,36)(H2,34,35,37)/b24-11+,26-18+. The summed E-state index contributed by atoms with van der Waals surface area (Å²) in [4.78, 5) is 24.7. The first-order valence-electron chi connectivity index (χ1n) is 12.5. The minimum Gasteiger partial charge on any atom is -0.312 e. The Kier molecular flexibility index (Phi) is 10.1. The summed E-state index contributed by atoms with van der Waals surface area (Å²) in [7, 11) is 0. The molecular formula is C31H36N4O2. The van der Waals surface area contributed by atoms with Gasteiger partial charge in [-0.3, -0.25) is 0 Å². The Morgan fingerprint density at radius 3 is 2.11 bits per heavy atom. The largest absolute Gasteiger partial charge is 0.323 e. The first-order valence-corrected chi connectivity index (χ1v) is 12.5. The van der Waals surface area contributed by atoms with Gasteiger partial charge in [0, 0.05) is 29.2 Å². The minimum atomic E-state index is -0.290. The summed E-state index contributed by atoms with van der Waals surface area (Å²) in [6.45, 7) is 9.92. The van der Waals surface area contributed by atoms with Crippen molar-refractivity contribution in [3.05, 3.63) is 119 Å². The number of carbonyl (C=O) groups excluding carboxylic acids is 2. The molecule has 0 radical (unpaired) electrons. The lowest BCUT2D eigenvalue weighted by molar-refractivity contribution is 0.253. The monoisotopic (exact) mass is 496 g/mol. The summed E-state index contributed by atoms with van der Waals surface area (Å²) in [6.07, 6.45) is 12.8. The molecule has 0 spiro atoms. The van der Waals surface area contributed by atoms with Gasteiger partial charge in [0.05, 0.1) is 0 Å². The van der Waals surface area contributed by atoms with Crippen LogP contribution in [0.25, 0.3) is 0 Å². The van der Waals surface area contributed by atoms with E-state index in [1.807, 2.05) is 86.7 Å². The minimum absolute atomic E-state index is 0.234. The maximum atomic E-state index is 12.4. The van der Waals surface area contributed by atoms with Crippen LogP contribution in [-0.2, 0) is 6.42 Å². The van der Waals surface area contributed by atoms with Crippen molar-refractivity contribution in [2.24, 2.45) is 0 Å². The fourth-order valence-electron chi connectivity index (χ4n) is 3.74. The van der Waals surface area contributed by atoms with Crippen LogP contribution < -0.4 is 21.3 Å². The lowest BCUT2D eigenvalue weighted by atomic mass is 10.0. The Balaban J connectivity index is 1.52. The van der Waals surface area contributed by atoms with Gasteiger partial charge in [0.1, 0.15) is 0 Å². The molecule has 0 saturated heterocycles. The number of allylic oxidation sites excluding steroid dienone is 8. The van der Waals surface area contributed by atoms with Crippen molar-refractivity contribution in [2.75, 3.05) is 10.6 Å². The molecule has 0 aromatic heterocycles. The Morgan fingerprint density at radius 1 is 0.838 bits per heavy atom. The molecule has 0 atom stereocenters. The fraction of sp³-hybridized carbons (Fsp3) is 0.226. The first kappa shape index (κ1) is 27.3. The lowest BCUT2D eigenvalue weighted by Gasteiger charge is -2.14. The Labute approximate surface area is 219 Å². The topological polar surface area (TPSA) is 82.3 Å². The van der Waals surface area contributed by atoms with Crippen molar-refractivity contribution in [2.45, 2.75) is 46.5 Å². The molecule has 4 N–H and O–H groups in total. The van der Waals surface area contributed by atoms with Crippen LogP contribution in [0.1, 0.15) is 44.2 Å². The second-order valence-corrected chi connectivity index (χ2v) is 9.30. The third-order valence-corrected chi connectivity index (χ3v) is 5.84. The number of hydrogen-bond donors (Lipinski definition) is 4. The van der Waals surface area contributed by atoms with Crippen molar-refractivity contribution in [3.63, 3.8) is 0 Å². The second kappa shape index (κ2) is 13.7. The van der Waals surface area contributed by atoms with Gasteiger partial charge in [-0.05, 0) is 82.0 Å². The highest BCUT2D eigenvalue weighted by molar-refractivity contribution is 5.91. The molecule has 1 aliphatic rings. The van der Waals surface area contributed by atoms with E-state index in [-0.39, 0.29) is 12.1 Å². The van der Waals surface area contributed by atoms with Crippen LogP contribution in [0, 0.1) is 6.92 Å².